The Balaban J connectivity index is 1.15. The minimum absolute atomic E-state index is 0.0430. The Morgan fingerprint density at radius 3 is 1.67 bits per heavy atom. The molecule has 0 aliphatic rings. The molecule has 14 nitrogen and oxygen atoms in total. The van der Waals surface area contributed by atoms with Gasteiger partial charge in [-0.3, -0.25) is 24.0 Å². The van der Waals surface area contributed by atoms with Gasteiger partial charge in [0.05, 0.1) is 17.6 Å². The highest BCUT2D eigenvalue weighted by molar-refractivity contribution is 6.09. The first-order valence-corrected chi connectivity index (χ1v) is 17.9. The lowest BCUT2D eigenvalue weighted by Gasteiger charge is -2.15. The number of aromatic carboxylic acids is 1. The summed E-state index contributed by atoms with van der Waals surface area (Å²) in [6.07, 6.45) is -0.125. The third-order valence-electron chi connectivity index (χ3n) is 9.40. The summed E-state index contributed by atoms with van der Waals surface area (Å²) in [6, 6.07) is 25.8. The molecule has 0 aliphatic carbocycles. The van der Waals surface area contributed by atoms with Crippen molar-refractivity contribution in [2.45, 2.75) is 39.5 Å². The number of hydrogen-bond donors (Lipinski definition) is 7. The molecule has 0 fully saturated rings. The lowest BCUT2D eigenvalue weighted by Crippen LogP contribution is -2.25. The fourth-order valence-corrected chi connectivity index (χ4v) is 6.01. The summed E-state index contributed by atoms with van der Waals surface area (Å²) < 4.78 is 0. The van der Waals surface area contributed by atoms with Crippen LogP contribution in [0.15, 0.2) is 97.1 Å². The number of carbonyl (C=O) groups is 6. The monoisotopic (exact) mass is 782 g/mol. The van der Waals surface area contributed by atoms with E-state index in [4.69, 9.17) is 0 Å². The lowest BCUT2D eigenvalue weighted by atomic mass is 9.94. The molecule has 0 spiro atoms. The van der Waals surface area contributed by atoms with E-state index >= 15 is 0 Å². The Bertz CT molecular complexity index is 2450. The molecule has 0 bridgehead atoms. The lowest BCUT2D eigenvalue weighted by molar-refractivity contribution is -0.120. The number of carboxylic acid groups (broad SMARTS) is 1. The van der Waals surface area contributed by atoms with Crippen LogP contribution in [0.4, 0.5) is 17.1 Å². The van der Waals surface area contributed by atoms with E-state index in [1.807, 2.05) is 6.07 Å². The largest absolute Gasteiger partial charge is 0.508 e. The van der Waals surface area contributed by atoms with Crippen molar-refractivity contribution in [1.82, 2.24) is 0 Å². The highest BCUT2D eigenvalue weighted by Crippen LogP contribution is 2.32. The van der Waals surface area contributed by atoms with Crippen LogP contribution in [-0.4, -0.2) is 55.7 Å². The highest BCUT2D eigenvalue weighted by Gasteiger charge is 2.24. The van der Waals surface area contributed by atoms with Crippen molar-refractivity contribution in [3.8, 4) is 23.3 Å². The molecule has 5 rings (SSSR count). The summed E-state index contributed by atoms with van der Waals surface area (Å²) in [5.41, 5.74) is 2.45. The van der Waals surface area contributed by atoms with Gasteiger partial charge in [-0.1, -0.05) is 36.4 Å². The van der Waals surface area contributed by atoms with Gasteiger partial charge in [0, 0.05) is 65.0 Å². The topological polar surface area (TPSA) is 243 Å². The number of nitrogens with zero attached hydrogens (tertiary/aromatic N) is 1. The summed E-state index contributed by atoms with van der Waals surface area (Å²) in [4.78, 5) is 76.2. The molecule has 1 atom stereocenters. The average molecular weight is 783 g/mol. The molecule has 0 heterocycles. The molecule has 5 aromatic carbocycles. The van der Waals surface area contributed by atoms with Gasteiger partial charge in [0.1, 0.15) is 28.6 Å². The van der Waals surface area contributed by atoms with E-state index in [1.54, 1.807) is 36.4 Å². The number of hydrogen-bond acceptors (Lipinski definition) is 10. The number of amides is 3. The van der Waals surface area contributed by atoms with Crippen LogP contribution in [-0.2, 0) is 22.4 Å². The van der Waals surface area contributed by atoms with Crippen LogP contribution in [0, 0.1) is 31.1 Å². The van der Waals surface area contributed by atoms with Gasteiger partial charge in [-0.15, -0.1) is 0 Å². The van der Waals surface area contributed by atoms with E-state index in [0.29, 0.717) is 16.8 Å². The van der Waals surface area contributed by atoms with Gasteiger partial charge < -0.3 is 36.4 Å². The number of phenolic OH excluding ortho intramolecular Hbond substituents is 2. The van der Waals surface area contributed by atoms with Crippen LogP contribution in [0.3, 0.4) is 0 Å². The van der Waals surface area contributed by atoms with Gasteiger partial charge in [-0.05, 0) is 85.6 Å². The maximum absolute atomic E-state index is 13.2. The second kappa shape index (κ2) is 18.2. The predicted molar refractivity (Wildman–Crippen MR) is 213 cm³/mol. The fraction of sp³-hybridized carbons (Fsp3) is 0.159. The van der Waals surface area contributed by atoms with Crippen LogP contribution in [0.5, 0.6) is 17.2 Å². The number of ketones is 2. The number of nitriles is 1. The number of rotatable bonds is 15. The number of carbonyl (C=O) groups excluding carboxylic acids is 5. The van der Waals surface area contributed by atoms with E-state index < -0.39 is 41.1 Å². The van der Waals surface area contributed by atoms with Gasteiger partial charge in [-0.2, -0.15) is 5.26 Å². The number of phenols is 3. The molecule has 0 radical (unpaired) electrons. The van der Waals surface area contributed by atoms with Crippen molar-refractivity contribution in [3.05, 3.63) is 142 Å². The molecule has 0 saturated heterocycles. The molecule has 7 N–H and O–H groups in total. The van der Waals surface area contributed by atoms with Crippen molar-refractivity contribution >= 4 is 52.3 Å². The zero-order valence-corrected chi connectivity index (χ0v) is 31.3. The van der Waals surface area contributed by atoms with Gasteiger partial charge in [0.15, 0.2) is 5.78 Å². The summed E-state index contributed by atoms with van der Waals surface area (Å²) in [6.45, 7) is 2.91. The minimum Gasteiger partial charge on any atom is -0.508 e. The number of nitrogens with one attached hydrogen (secondary N) is 3. The molecule has 3 amide bonds. The molecule has 0 aliphatic heterocycles. The Morgan fingerprint density at radius 2 is 1.12 bits per heavy atom. The Hall–Kier alpha value is -7.79. The first kappa shape index (κ1) is 41.4. The van der Waals surface area contributed by atoms with Crippen LogP contribution in [0.1, 0.15) is 76.5 Å². The van der Waals surface area contributed by atoms with Crippen LogP contribution >= 0.6 is 0 Å². The maximum Gasteiger partial charge on any atom is 0.339 e. The van der Waals surface area contributed by atoms with Gasteiger partial charge in [-0.25, -0.2) is 4.79 Å². The normalized spacial score (nSPS) is 11.1. The number of Topliss-reactive ketones (excluding diaryl/α,β-unsaturated/α-hetero) is 2. The number of aromatic hydroxyl groups is 3. The van der Waals surface area contributed by atoms with E-state index in [2.05, 4.69) is 16.0 Å². The third-order valence-corrected chi connectivity index (χ3v) is 9.40. The summed E-state index contributed by atoms with van der Waals surface area (Å²) in [5, 5.41) is 56.9. The van der Waals surface area contributed by atoms with E-state index in [-0.39, 0.29) is 82.2 Å². The minimum atomic E-state index is -1.34. The molecule has 14 heteroatoms. The standard InChI is InChI=1S/C44H38N4O10/c1-24-36(17-15-34(39(24)52)43(56)48-37-18-16-35(44(57)58)40(53)25(37)2)47-41(54)29-9-11-31(12-10-29)46-42(55)30(19-20-45)23-38(51)28-7-3-26(4-8-28)21-33(50)22-27-5-13-32(49)14-6-27/h3-18,30,49,52-53H,19,21-23H2,1-2H3,(H,46,55)(H,47,54)(H,48,56)(H,57,58). The number of benzene rings is 5. The van der Waals surface area contributed by atoms with Crippen molar-refractivity contribution in [2.24, 2.45) is 5.92 Å². The van der Waals surface area contributed by atoms with E-state index in [0.717, 1.165) is 11.6 Å². The zero-order chi connectivity index (χ0) is 42.1. The first-order valence-electron chi connectivity index (χ1n) is 17.9. The molecule has 58 heavy (non-hydrogen) atoms. The molecular formula is C44H38N4O10. The van der Waals surface area contributed by atoms with Crippen LogP contribution in [0.2, 0.25) is 0 Å². The molecule has 1 unspecified atom stereocenters. The first-order chi connectivity index (χ1) is 27.6. The average Bonchev–Trinajstić information content (AvgIpc) is 3.19. The SMILES string of the molecule is Cc1c(NC(=O)c2ccc(NC(=O)c3ccc(NC(=O)C(CC#N)CC(=O)c4ccc(CC(=O)Cc5ccc(O)cc5)cc4)cc3)c(C)c2O)ccc(C(=O)O)c1O. The van der Waals surface area contributed by atoms with Crippen molar-refractivity contribution < 1.29 is 49.2 Å². The molecule has 294 valence electrons. The Morgan fingerprint density at radius 1 is 0.621 bits per heavy atom. The van der Waals surface area contributed by atoms with Gasteiger partial charge >= 0.3 is 5.97 Å². The van der Waals surface area contributed by atoms with Gasteiger partial charge in [0.25, 0.3) is 11.8 Å². The zero-order valence-electron chi connectivity index (χ0n) is 31.3. The fourth-order valence-electron chi connectivity index (χ4n) is 6.01. The van der Waals surface area contributed by atoms with Gasteiger partial charge in [0.2, 0.25) is 5.91 Å². The smallest absolute Gasteiger partial charge is 0.339 e. The van der Waals surface area contributed by atoms with Crippen molar-refractivity contribution in [2.75, 3.05) is 16.0 Å². The second-order valence-electron chi connectivity index (χ2n) is 13.5. The van der Waals surface area contributed by atoms with Crippen molar-refractivity contribution in [1.29, 1.82) is 5.26 Å². The summed E-state index contributed by atoms with van der Waals surface area (Å²) >= 11 is 0. The Kier molecular flexibility index (Phi) is 13.0. The number of carboxylic acids is 1. The number of anilines is 3. The van der Waals surface area contributed by atoms with E-state index in [1.165, 1.54) is 68.4 Å². The van der Waals surface area contributed by atoms with E-state index in [9.17, 15) is 54.5 Å². The van der Waals surface area contributed by atoms with Crippen LogP contribution < -0.4 is 16.0 Å². The summed E-state index contributed by atoms with van der Waals surface area (Å²) in [5.74, 6) is -5.41. The molecule has 5 aromatic rings. The highest BCUT2D eigenvalue weighted by atomic mass is 16.4. The second-order valence-corrected chi connectivity index (χ2v) is 13.5. The van der Waals surface area contributed by atoms with Crippen molar-refractivity contribution in [3.63, 3.8) is 0 Å². The maximum atomic E-state index is 13.2. The molecular weight excluding hydrogens is 745 g/mol. The Labute approximate surface area is 332 Å². The predicted octanol–water partition coefficient (Wildman–Crippen LogP) is 6.72. The molecule has 0 saturated carbocycles. The van der Waals surface area contributed by atoms with Crippen LogP contribution in [0.25, 0.3) is 0 Å². The molecule has 0 aromatic heterocycles. The quantitative estimate of drug-likeness (QED) is 0.0550. The third kappa shape index (κ3) is 10.1. The summed E-state index contributed by atoms with van der Waals surface area (Å²) in [7, 11) is 0.